The predicted octanol–water partition coefficient (Wildman–Crippen LogP) is 3.73. The van der Waals surface area contributed by atoms with Gasteiger partial charge in [0.15, 0.2) is 0 Å². The number of carbonyl (C=O) groups is 1. The van der Waals surface area contributed by atoms with Crippen LogP contribution < -0.4 is 10.6 Å². The number of anilines is 1. The Morgan fingerprint density at radius 2 is 2.10 bits per heavy atom. The minimum Gasteiger partial charge on any atom is -0.338 e. The molecule has 0 aromatic heterocycles. The molecule has 4 nitrogen and oxygen atoms in total. The second kappa shape index (κ2) is 8.25. The van der Waals surface area contributed by atoms with Crippen molar-refractivity contribution in [2.45, 2.75) is 38.6 Å². The van der Waals surface area contributed by atoms with Crippen LogP contribution in [0.1, 0.15) is 32.6 Å². The highest BCUT2D eigenvalue weighted by Gasteiger charge is 2.17. The highest BCUT2D eigenvalue weighted by atomic mass is 35.5. The Kier molecular flexibility index (Phi) is 6.33. The highest BCUT2D eigenvalue weighted by molar-refractivity contribution is 6.30. The number of halogens is 1. The van der Waals surface area contributed by atoms with Crippen LogP contribution in [0.15, 0.2) is 24.3 Å². The molecule has 0 spiro atoms. The van der Waals surface area contributed by atoms with Crippen molar-refractivity contribution in [3.05, 3.63) is 29.3 Å². The van der Waals surface area contributed by atoms with Crippen molar-refractivity contribution in [3.63, 3.8) is 0 Å². The number of likely N-dealkylation sites (tertiary alicyclic amines) is 1. The van der Waals surface area contributed by atoms with E-state index in [-0.39, 0.29) is 6.03 Å². The van der Waals surface area contributed by atoms with Gasteiger partial charge in [-0.15, -0.1) is 0 Å². The maximum absolute atomic E-state index is 11.7. The number of nitrogens with one attached hydrogen (secondary N) is 2. The average Bonchev–Trinajstić information content (AvgIpc) is 2.48. The number of hydrogen-bond donors (Lipinski definition) is 2. The molecule has 1 heterocycles. The maximum Gasteiger partial charge on any atom is 0.319 e. The summed E-state index contributed by atoms with van der Waals surface area (Å²) < 4.78 is 0. The van der Waals surface area contributed by atoms with Crippen LogP contribution in [0.5, 0.6) is 0 Å². The second-order valence-electron chi connectivity index (χ2n) is 5.62. The molecule has 21 heavy (non-hydrogen) atoms. The summed E-state index contributed by atoms with van der Waals surface area (Å²) >= 11 is 5.80. The van der Waals surface area contributed by atoms with E-state index in [1.807, 2.05) is 0 Å². The first-order chi connectivity index (χ1) is 10.1. The molecular formula is C16H24ClN3O. The van der Waals surface area contributed by atoms with E-state index in [4.69, 9.17) is 11.6 Å². The normalized spacial score (nSPS) is 19.2. The van der Waals surface area contributed by atoms with Gasteiger partial charge in [0.25, 0.3) is 0 Å². The van der Waals surface area contributed by atoms with E-state index < -0.39 is 0 Å². The molecule has 1 saturated heterocycles. The van der Waals surface area contributed by atoms with Gasteiger partial charge in [0.05, 0.1) is 0 Å². The minimum atomic E-state index is -0.163. The van der Waals surface area contributed by atoms with Crippen LogP contribution in [0.25, 0.3) is 0 Å². The molecule has 2 amide bonds. The fourth-order valence-electron chi connectivity index (χ4n) is 2.68. The predicted molar refractivity (Wildman–Crippen MR) is 88.0 cm³/mol. The average molecular weight is 310 g/mol. The molecule has 0 saturated carbocycles. The minimum absolute atomic E-state index is 0.163. The molecular weight excluding hydrogens is 286 g/mol. The van der Waals surface area contributed by atoms with Gasteiger partial charge in [-0.1, -0.05) is 18.0 Å². The van der Waals surface area contributed by atoms with Gasteiger partial charge in [-0.2, -0.15) is 0 Å². The molecule has 1 fully saturated rings. The Hall–Kier alpha value is -1.26. The van der Waals surface area contributed by atoms with Crippen LogP contribution in [-0.2, 0) is 0 Å². The van der Waals surface area contributed by atoms with E-state index in [0.717, 1.165) is 18.7 Å². The number of benzene rings is 1. The number of amides is 2. The Balaban J connectivity index is 1.61. The van der Waals surface area contributed by atoms with Gasteiger partial charge >= 0.3 is 6.03 Å². The molecule has 0 radical (unpaired) electrons. The van der Waals surface area contributed by atoms with Crippen molar-refractivity contribution in [2.75, 3.05) is 25.0 Å². The summed E-state index contributed by atoms with van der Waals surface area (Å²) in [5.41, 5.74) is 0.751. The molecule has 2 rings (SSSR count). The topological polar surface area (TPSA) is 44.4 Å². The zero-order chi connectivity index (χ0) is 15.1. The molecule has 1 aliphatic heterocycles. The van der Waals surface area contributed by atoms with Crippen molar-refractivity contribution < 1.29 is 4.79 Å². The van der Waals surface area contributed by atoms with Crippen LogP contribution >= 0.6 is 11.6 Å². The summed E-state index contributed by atoms with van der Waals surface area (Å²) in [5.74, 6) is 0. The summed E-state index contributed by atoms with van der Waals surface area (Å²) in [6.07, 6.45) is 4.93. The maximum atomic E-state index is 11.7. The lowest BCUT2D eigenvalue weighted by Gasteiger charge is -2.33. The summed E-state index contributed by atoms with van der Waals surface area (Å²) in [6, 6.07) is 7.61. The summed E-state index contributed by atoms with van der Waals surface area (Å²) in [4.78, 5) is 14.3. The third-order valence-electron chi connectivity index (χ3n) is 3.95. The number of hydrogen-bond acceptors (Lipinski definition) is 2. The number of rotatable bonds is 5. The molecule has 116 valence electrons. The lowest BCUT2D eigenvalue weighted by Crippen LogP contribution is -2.39. The van der Waals surface area contributed by atoms with Gasteiger partial charge in [0, 0.05) is 29.8 Å². The zero-order valence-electron chi connectivity index (χ0n) is 12.6. The summed E-state index contributed by atoms with van der Waals surface area (Å²) in [6.45, 7) is 5.24. The van der Waals surface area contributed by atoms with Gasteiger partial charge in [-0.3, -0.25) is 0 Å². The lowest BCUT2D eigenvalue weighted by molar-refractivity contribution is 0.159. The van der Waals surface area contributed by atoms with Crippen LogP contribution in [0.4, 0.5) is 10.5 Å². The lowest BCUT2D eigenvalue weighted by atomic mass is 10.0. The number of nitrogens with zero attached hydrogens (tertiary/aromatic N) is 1. The molecule has 1 aliphatic rings. The largest absolute Gasteiger partial charge is 0.338 e. The fourth-order valence-corrected chi connectivity index (χ4v) is 2.81. The smallest absolute Gasteiger partial charge is 0.319 e. The molecule has 2 N–H and O–H groups in total. The highest BCUT2D eigenvalue weighted by Crippen LogP contribution is 2.16. The van der Waals surface area contributed by atoms with Crippen molar-refractivity contribution >= 4 is 23.3 Å². The third kappa shape index (κ3) is 5.56. The number of urea groups is 1. The molecule has 5 heteroatoms. The molecule has 1 atom stereocenters. The van der Waals surface area contributed by atoms with E-state index in [2.05, 4.69) is 22.5 Å². The van der Waals surface area contributed by atoms with E-state index in [0.29, 0.717) is 17.6 Å². The van der Waals surface area contributed by atoms with Gasteiger partial charge in [0.2, 0.25) is 0 Å². The SMILES string of the molecule is C[C@H]1CCCCN1CCCNC(=O)Nc1ccc(Cl)cc1. The Morgan fingerprint density at radius 3 is 2.81 bits per heavy atom. The van der Waals surface area contributed by atoms with E-state index >= 15 is 0 Å². The Morgan fingerprint density at radius 1 is 1.33 bits per heavy atom. The van der Waals surface area contributed by atoms with Gasteiger partial charge in [0.1, 0.15) is 0 Å². The number of piperidine rings is 1. The van der Waals surface area contributed by atoms with Crippen LogP contribution in [0, 0.1) is 0 Å². The van der Waals surface area contributed by atoms with E-state index in [1.54, 1.807) is 24.3 Å². The molecule has 0 aliphatic carbocycles. The molecule has 1 aromatic carbocycles. The first kappa shape index (κ1) is 16.1. The quantitative estimate of drug-likeness (QED) is 0.814. The van der Waals surface area contributed by atoms with Crippen LogP contribution in [0.3, 0.4) is 0 Å². The van der Waals surface area contributed by atoms with Crippen LogP contribution in [-0.4, -0.2) is 36.6 Å². The third-order valence-corrected chi connectivity index (χ3v) is 4.20. The Labute approximate surface area is 131 Å². The second-order valence-corrected chi connectivity index (χ2v) is 6.06. The van der Waals surface area contributed by atoms with Crippen molar-refractivity contribution in [1.29, 1.82) is 0 Å². The van der Waals surface area contributed by atoms with E-state index in [1.165, 1.54) is 25.8 Å². The number of carbonyl (C=O) groups excluding carboxylic acids is 1. The van der Waals surface area contributed by atoms with E-state index in [9.17, 15) is 4.79 Å². The fraction of sp³-hybridized carbons (Fsp3) is 0.562. The zero-order valence-corrected chi connectivity index (χ0v) is 13.3. The molecule has 0 bridgehead atoms. The van der Waals surface area contributed by atoms with Crippen LogP contribution in [0.2, 0.25) is 5.02 Å². The van der Waals surface area contributed by atoms with Crippen molar-refractivity contribution in [2.24, 2.45) is 0 Å². The standard InChI is InChI=1S/C16H24ClN3O/c1-13-5-2-3-11-20(13)12-4-10-18-16(21)19-15-8-6-14(17)7-9-15/h6-9,13H,2-5,10-12H2,1H3,(H2,18,19,21)/t13-/m0/s1. The first-order valence-electron chi connectivity index (χ1n) is 7.69. The summed E-state index contributed by atoms with van der Waals surface area (Å²) in [7, 11) is 0. The monoisotopic (exact) mass is 309 g/mol. The molecule has 0 unspecified atom stereocenters. The Bertz CT molecular complexity index is 449. The van der Waals surface area contributed by atoms with Crippen molar-refractivity contribution in [3.8, 4) is 0 Å². The van der Waals surface area contributed by atoms with Gasteiger partial charge in [-0.05, 0) is 57.0 Å². The van der Waals surface area contributed by atoms with Gasteiger partial charge < -0.3 is 15.5 Å². The summed E-state index contributed by atoms with van der Waals surface area (Å²) in [5, 5.41) is 6.35. The molecule has 1 aromatic rings. The first-order valence-corrected chi connectivity index (χ1v) is 8.07. The van der Waals surface area contributed by atoms with Crippen molar-refractivity contribution in [1.82, 2.24) is 10.2 Å². The van der Waals surface area contributed by atoms with Gasteiger partial charge in [-0.25, -0.2) is 4.79 Å².